The van der Waals surface area contributed by atoms with Gasteiger partial charge in [0.2, 0.25) is 0 Å². The Kier molecular flexibility index (Phi) is 3.65. The molecule has 1 aromatic carbocycles. The van der Waals surface area contributed by atoms with Crippen LogP contribution in [-0.4, -0.2) is 18.5 Å². The molecule has 0 saturated heterocycles. The topological polar surface area (TPSA) is 55.4 Å². The van der Waals surface area contributed by atoms with E-state index in [2.05, 4.69) is 5.32 Å². The van der Waals surface area contributed by atoms with Gasteiger partial charge in [-0.25, -0.2) is 0 Å². The van der Waals surface area contributed by atoms with E-state index in [1.807, 2.05) is 32.0 Å². The van der Waals surface area contributed by atoms with Crippen LogP contribution in [0.4, 0.5) is 5.69 Å². The number of hydrogen-bond donors (Lipinski definition) is 1. The van der Waals surface area contributed by atoms with Gasteiger partial charge in [0.15, 0.2) is 6.61 Å². The van der Waals surface area contributed by atoms with Crippen LogP contribution in [0.25, 0.3) is 0 Å². The van der Waals surface area contributed by atoms with Crippen molar-refractivity contribution in [1.82, 2.24) is 0 Å². The molecular weight excluding hydrogens is 230 g/mol. The summed E-state index contributed by atoms with van der Waals surface area (Å²) in [5, 5.41) is 2.75. The van der Waals surface area contributed by atoms with Gasteiger partial charge in [-0.15, -0.1) is 0 Å². The molecule has 4 nitrogen and oxygen atoms in total. The highest BCUT2D eigenvalue weighted by Crippen LogP contribution is 2.30. The van der Waals surface area contributed by atoms with Crippen molar-refractivity contribution in [2.75, 3.05) is 11.9 Å². The van der Waals surface area contributed by atoms with Gasteiger partial charge in [0.1, 0.15) is 0 Å². The van der Waals surface area contributed by atoms with Crippen molar-refractivity contribution in [3.8, 4) is 0 Å². The summed E-state index contributed by atoms with van der Waals surface area (Å²) in [7, 11) is 0. The van der Waals surface area contributed by atoms with E-state index in [0.717, 1.165) is 29.7 Å². The van der Waals surface area contributed by atoms with E-state index in [0.29, 0.717) is 0 Å². The van der Waals surface area contributed by atoms with Crippen molar-refractivity contribution < 1.29 is 14.3 Å². The lowest BCUT2D eigenvalue weighted by Crippen LogP contribution is -2.21. The summed E-state index contributed by atoms with van der Waals surface area (Å²) in [5.41, 5.74) is 2.91. The second-order valence-electron chi connectivity index (χ2n) is 4.68. The number of esters is 1. The first-order valence-corrected chi connectivity index (χ1v) is 6.10. The van der Waals surface area contributed by atoms with Gasteiger partial charge in [-0.2, -0.15) is 0 Å². The molecule has 1 fully saturated rings. The second kappa shape index (κ2) is 5.21. The Morgan fingerprint density at radius 2 is 2.06 bits per heavy atom. The fourth-order valence-corrected chi connectivity index (χ4v) is 1.65. The minimum Gasteiger partial charge on any atom is -0.455 e. The lowest BCUT2D eigenvalue weighted by atomic mass is 10.1. The Labute approximate surface area is 106 Å². The van der Waals surface area contributed by atoms with E-state index in [1.54, 1.807) is 0 Å². The zero-order valence-electron chi connectivity index (χ0n) is 10.7. The van der Waals surface area contributed by atoms with Crippen LogP contribution in [0, 0.1) is 19.8 Å². The Morgan fingerprint density at radius 1 is 1.33 bits per heavy atom. The van der Waals surface area contributed by atoms with Crippen LogP contribution in [0.5, 0.6) is 0 Å². The van der Waals surface area contributed by atoms with Crippen LogP contribution in [0.15, 0.2) is 18.2 Å². The molecule has 1 N–H and O–H groups in total. The quantitative estimate of drug-likeness (QED) is 0.830. The van der Waals surface area contributed by atoms with Gasteiger partial charge in [-0.05, 0) is 43.9 Å². The normalized spacial score (nSPS) is 14.1. The molecule has 0 spiro atoms. The Balaban J connectivity index is 1.86. The molecule has 1 amide bonds. The smallest absolute Gasteiger partial charge is 0.309 e. The van der Waals surface area contributed by atoms with Crippen LogP contribution in [0.1, 0.15) is 24.0 Å². The highest BCUT2D eigenvalue weighted by Gasteiger charge is 2.31. The number of nitrogens with one attached hydrogen (secondary N) is 1. The van der Waals surface area contributed by atoms with E-state index in [4.69, 9.17) is 4.74 Å². The third-order valence-electron chi connectivity index (χ3n) is 3.13. The number of rotatable bonds is 4. The summed E-state index contributed by atoms with van der Waals surface area (Å²) in [6.45, 7) is 3.72. The fourth-order valence-electron chi connectivity index (χ4n) is 1.65. The van der Waals surface area contributed by atoms with Crippen LogP contribution in [0.3, 0.4) is 0 Å². The zero-order chi connectivity index (χ0) is 13.1. The van der Waals surface area contributed by atoms with Crippen molar-refractivity contribution in [3.05, 3.63) is 29.3 Å². The van der Waals surface area contributed by atoms with Gasteiger partial charge in [0.05, 0.1) is 5.92 Å². The predicted molar refractivity (Wildman–Crippen MR) is 68.2 cm³/mol. The number of ether oxygens (including phenoxy) is 1. The molecule has 4 heteroatoms. The molecule has 0 atom stereocenters. The van der Waals surface area contributed by atoms with Gasteiger partial charge < -0.3 is 10.1 Å². The van der Waals surface area contributed by atoms with Crippen LogP contribution in [-0.2, 0) is 14.3 Å². The highest BCUT2D eigenvalue weighted by molar-refractivity contribution is 5.93. The average molecular weight is 247 g/mol. The first-order chi connectivity index (χ1) is 8.58. The molecule has 96 valence electrons. The molecule has 0 unspecified atom stereocenters. The van der Waals surface area contributed by atoms with Gasteiger partial charge >= 0.3 is 5.97 Å². The van der Waals surface area contributed by atoms with Gasteiger partial charge in [0, 0.05) is 5.69 Å². The highest BCUT2D eigenvalue weighted by atomic mass is 16.5. The molecule has 18 heavy (non-hydrogen) atoms. The summed E-state index contributed by atoms with van der Waals surface area (Å²) in [6, 6.07) is 5.70. The van der Waals surface area contributed by atoms with E-state index < -0.39 is 0 Å². The molecule has 0 bridgehead atoms. The first kappa shape index (κ1) is 12.6. The van der Waals surface area contributed by atoms with E-state index >= 15 is 0 Å². The summed E-state index contributed by atoms with van der Waals surface area (Å²) in [5.74, 6) is -0.526. The molecule has 0 radical (unpaired) electrons. The molecule has 0 heterocycles. The lowest BCUT2D eigenvalue weighted by Gasteiger charge is -2.10. The zero-order valence-corrected chi connectivity index (χ0v) is 10.7. The number of carbonyl (C=O) groups excluding carboxylic acids is 2. The van der Waals surface area contributed by atoms with Crippen LogP contribution >= 0.6 is 0 Å². The van der Waals surface area contributed by atoms with Crippen molar-refractivity contribution in [1.29, 1.82) is 0 Å². The third-order valence-corrected chi connectivity index (χ3v) is 3.13. The average Bonchev–Trinajstić information content (AvgIpc) is 3.16. The minimum absolute atomic E-state index is 0.0264. The fraction of sp³-hybridized carbons (Fsp3) is 0.429. The summed E-state index contributed by atoms with van der Waals surface area (Å²) in [4.78, 5) is 22.9. The van der Waals surface area contributed by atoms with Crippen molar-refractivity contribution in [2.24, 2.45) is 5.92 Å². The lowest BCUT2D eigenvalue weighted by molar-refractivity contribution is -0.148. The first-order valence-electron chi connectivity index (χ1n) is 6.10. The van der Waals surface area contributed by atoms with Crippen LogP contribution < -0.4 is 5.32 Å². The Morgan fingerprint density at radius 3 is 2.72 bits per heavy atom. The molecule has 1 aliphatic rings. The number of anilines is 1. The molecule has 1 saturated carbocycles. The number of carbonyl (C=O) groups is 2. The summed E-state index contributed by atoms with van der Waals surface area (Å²) in [6.07, 6.45) is 1.77. The van der Waals surface area contributed by atoms with E-state index in [9.17, 15) is 9.59 Å². The molecule has 1 aliphatic carbocycles. The van der Waals surface area contributed by atoms with Crippen molar-refractivity contribution >= 4 is 17.6 Å². The van der Waals surface area contributed by atoms with Crippen LogP contribution in [0.2, 0.25) is 0 Å². The molecule has 1 aromatic rings. The minimum atomic E-state index is -0.294. The summed E-state index contributed by atoms with van der Waals surface area (Å²) >= 11 is 0. The van der Waals surface area contributed by atoms with Gasteiger partial charge in [-0.3, -0.25) is 9.59 Å². The Hall–Kier alpha value is -1.84. The van der Waals surface area contributed by atoms with Crippen molar-refractivity contribution in [3.63, 3.8) is 0 Å². The maximum absolute atomic E-state index is 11.6. The monoisotopic (exact) mass is 247 g/mol. The number of benzene rings is 1. The third kappa shape index (κ3) is 3.09. The SMILES string of the molecule is Cc1cccc(NC(=O)COC(=O)C2CC2)c1C. The maximum Gasteiger partial charge on any atom is 0.309 e. The van der Waals surface area contributed by atoms with Gasteiger partial charge in [-0.1, -0.05) is 12.1 Å². The Bertz CT molecular complexity index is 478. The largest absolute Gasteiger partial charge is 0.455 e. The van der Waals surface area contributed by atoms with Crippen molar-refractivity contribution in [2.45, 2.75) is 26.7 Å². The molecule has 0 aromatic heterocycles. The number of aryl methyl sites for hydroxylation is 1. The van der Waals surface area contributed by atoms with Gasteiger partial charge in [0.25, 0.3) is 5.91 Å². The standard InChI is InChI=1S/C14H17NO3/c1-9-4-3-5-12(10(9)2)15-13(16)8-18-14(17)11-6-7-11/h3-5,11H,6-8H2,1-2H3,(H,15,16). The maximum atomic E-state index is 11.6. The second-order valence-corrected chi connectivity index (χ2v) is 4.68. The summed E-state index contributed by atoms with van der Waals surface area (Å²) < 4.78 is 4.92. The van der Waals surface area contributed by atoms with E-state index in [-0.39, 0.29) is 24.4 Å². The number of hydrogen-bond acceptors (Lipinski definition) is 3. The molecular formula is C14H17NO3. The molecule has 2 rings (SSSR count). The number of amides is 1. The predicted octanol–water partition coefficient (Wildman–Crippen LogP) is 2.20. The molecule has 0 aliphatic heterocycles. The van der Waals surface area contributed by atoms with E-state index in [1.165, 1.54) is 0 Å².